The van der Waals surface area contributed by atoms with Gasteiger partial charge in [0.25, 0.3) is 10.1 Å². The van der Waals surface area contributed by atoms with Crippen LogP contribution in [0.4, 0.5) is 0 Å². The number of hydrogen-bond acceptors (Lipinski definition) is 3. The number of hydrogen-bond donors (Lipinski definition) is 2. The minimum Gasteiger partial charge on any atom is -0.316 e. The first-order chi connectivity index (χ1) is 9.06. The topological polar surface area (TPSA) is 66.4 Å². The van der Waals surface area contributed by atoms with Gasteiger partial charge in [-0.25, -0.2) is 0 Å². The third-order valence-electron chi connectivity index (χ3n) is 3.24. The number of rotatable bonds is 14. The minimum atomic E-state index is -3.80. The first-order valence-electron chi connectivity index (χ1n) is 7.72. The average Bonchev–Trinajstić information content (AvgIpc) is 2.34. The molecule has 0 aliphatic heterocycles. The molecule has 0 aromatic rings. The number of unbranched alkanes of at least 4 members (excludes halogenated alkanes) is 9. The zero-order valence-corrected chi connectivity index (χ0v) is 13.2. The molecular weight excluding hydrogens is 262 g/mol. The zero-order chi connectivity index (χ0) is 14.4. The fourth-order valence-corrected chi connectivity index (χ4v) is 2.47. The van der Waals surface area contributed by atoms with Crippen molar-refractivity contribution >= 4 is 10.1 Å². The van der Waals surface area contributed by atoms with Crippen molar-refractivity contribution in [1.82, 2.24) is 5.32 Å². The minimum absolute atomic E-state index is 0.190. The lowest BCUT2D eigenvalue weighted by molar-refractivity contribution is 0.479. The molecule has 0 saturated carbocycles. The largest absolute Gasteiger partial charge is 0.316 e. The molecule has 0 spiro atoms. The average molecular weight is 293 g/mol. The molecular formula is C14H31NO3S. The molecule has 0 rings (SSSR count). The van der Waals surface area contributed by atoms with E-state index in [2.05, 4.69) is 12.2 Å². The molecule has 4 nitrogen and oxygen atoms in total. The van der Waals surface area contributed by atoms with Crippen LogP contribution in [0.3, 0.4) is 0 Å². The van der Waals surface area contributed by atoms with E-state index in [1.165, 1.54) is 57.8 Å². The molecule has 19 heavy (non-hydrogen) atoms. The molecule has 0 bridgehead atoms. The molecule has 2 N–H and O–H groups in total. The third kappa shape index (κ3) is 17.9. The van der Waals surface area contributed by atoms with Crippen LogP contribution in [-0.4, -0.2) is 31.8 Å². The van der Waals surface area contributed by atoms with E-state index < -0.39 is 10.1 Å². The first-order valence-corrected chi connectivity index (χ1v) is 9.33. The molecule has 5 heteroatoms. The second-order valence-corrected chi connectivity index (χ2v) is 6.79. The predicted molar refractivity (Wildman–Crippen MR) is 81.1 cm³/mol. The highest BCUT2D eigenvalue weighted by Gasteiger charge is 2.02. The van der Waals surface area contributed by atoms with Crippen LogP contribution in [0.15, 0.2) is 0 Å². The summed E-state index contributed by atoms with van der Waals surface area (Å²) < 4.78 is 29.4. The van der Waals surface area contributed by atoms with Crippen LogP contribution < -0.4 is 5.32 Å². The van der Waals surface area contributed by atoms with Crippen LogP contribution >= 0.6 is 0 Å². The standard InChI is InChI=1S/C14H31NO3S/c1-2-3-4-5-6-7-8-9-10-11-12-15-13-14-19(16,17)18/h15H,2-14H2,1H3,(H,16,17,18). The molecule has 0 saturated heterocycles. The Morgan fingerprint density at radius 1 is 0.789 bits per heavy atom. The molecule has 0 amide bonds. The summed E-state index contributed by atoms with van der Waals surface area (Å²) in [6.45, 7) is 3.42. The van der Waals surface area contributed by atoms with Crippen LogP contribution in [0.25, 0.3) is 0 Å². The highest BCUT2D eigenvalue weighted by molar-refractivity contribution is 7.85. The fraction of sp³-hybridized carbons (Fsp3) is 1.00. The van der Waals surface area contributed by atoms with Crippen molar-refractivity contribution in [2.75, 3.05) is 18.8 Å². The summed E-state index contributed by atoms with van der Waals surface area (Å²) in [7, 11) is -3.80. The van der Waals surface area contributed by atoms with Gasteiger partial charge < -0.3 is 5.32 Å². The van der Waals surface area contributed by atoms with Crippen LogP contribution in [-0.2, 0) is 10.1 Å². The van der Waals surface area contributed by atoms with E-state index in [0.717, 1.165) is 13.0 Å². The molecule has 0 aliphatic carbocycles. The van der Waals surface area contributed by atoms with E-state index in [4.69, 9.17) is 4.55 Å². The summed E-state index contributed by atoms with van der Waals surface area (Å²) in [5.41, 5.74) is 0. The van der Waals surface area contributed by atoms with Gasteiger partial charge in [0.1, 0.15) is 0 Å². The van der Waals surface area contributed by atoms with Crippen LogP contribution in [0.1, 0.15) is 71.1 Å². The van der Waals surface area contributed by atoms with Gasteiger partial charge in [-0.2, -0.15) is 8.42 Å². The molecule has 0 atom stereocenters. The maximum absolute atomic E-state index is 10.4. The molecule has 0 fully saturated rings. The van der Waals surface area contributed by atoms with E-state index >= 15 is 0 Å². The Morgan fingerprint density at radius 2 is 1.26 bits per heavy atom. The predicted octanol–water partition coefficient (Wildman–Crippen LogP) is 3.38. The van der Waals surface area contributed by atoms with Crippen molar-refractivity contribution in [3.05, 3.63) is 0 Å². The van der Waals surface area contributed by atoms with E-state index in [1.54, 1.807) is 0 Å². The van der Waals surface area contributed by atoms with Crippen molar-refractivity contribution in [3.63, 3.8) is 0 Å². The fourth-order valence-electron chi connectivity index (χ4n) is 2.06. The van der Waals surface area contributed by atoms with Gasteiger partial charge in [0.2, 0.25) is 0 Å². The Morgan fingerprint density at radius 3 is 1.74 bits per heavy atom. The van der Waals surface area contributed by atoms with Crippen molar-refractivity contribution < 1.29 is 13.0 Å². The Hall–Kier alpha value is -0.130. The van der Waals surface area contributed by atoms with Gasteiger partial charge in [-0.05, 0) is 13.0 Å². The summed E-state index contributed by atoms with van der Waals surface area (Å²) in [4.78, 5) is 0. The summed E-state index contributed by atoms with van der Waals surface area (Å²) in [6, 6.07) is 0. The van der Waals surface area contributed by atoms with Gasteiger partial charge in [-0.15, -0.1) is 0 Å². The Labute approximate surface area is 119 Å². The molecule has 0 aromatic carbocycles. The maximum atomic E-state index is 10.4. The normalized spacial score (nSPS) is 11.9. The van der Waals surface area contributed by atoms with Gasteiger partial charge in [0, 0.05) is 6.54 Å². The van der Waals surface area contributed by atoms with Crippen molar-refractivity contribution in [1.29, 1.82) is 0 Å². The van der Waals surface area contributed by atoms with E-state index in [-0.39, 0.29) is 5.75 Å². The van der Waals surface area contributed by atoms with Crippen molar-refractivity contribution in [2.45, 2.75) is 71.1 Å². The quantitative estimate of drug-likeness (QED) is 0.380. The summed E-state index contributed by atoms with van der Waals surface area (Å²) in [5, 5.41) is 3.03. The molecule has 0 radical (unpaired) electrons. The van der Waals surface area contributed by atoms with E-state index in [9.17, 15) is 8.42 Å². The van der Waals surface area contributed by atoms with E-state index in [1.807, 2.05) is 0 Å². The number of nitrogens with one attached hydrogen (secondary N) is 1. The maximum Gasteiger partial charge on any atom is 0.266 e. The van der Waals surface area contributed by atoms with Crippen molar-refractivity contribution in [3.8, 4) is 0 Å². The molecule has 116 valence electrons. The summed E-state index contributed by atoms with van der Waals surface area (Å²) in [5.74, 6) is -0.190. The Bertz CT molecular complexity index is 278. The molecule has 0 unspecified atom stereocenters. The van der Waals surface area contributed by atoms with Crippen molar-refractivity contribution in [2.24, 2.45) is 0 Å². The molecule has 0 heterocycles. The molecule has 0 aliphatic rings. The highest BCUT2D eigenvalue weighted by Crippen LogP contribution is 2.10. The highest BCUT2D eigenvalue weighted by atomic mass is 32.2. The molecule has 0 aromatic heterocycles. The Balaban J connectivity index is 3.03. The first kappa shape index (κ1) is 18.9. The second kappa shape index (κ2) is 12.9. The second-order valence-electron chi connectivity index (χ2n) is 5.22. The third-order valence-corrected chi connectivity index (χ3v) is 3.96. The lowest BCUT2D eigenvalue weighted by Gasteiger charge is -2.04. The van der Waals surface area contributed by atoms with Gasteiger partial charge in [-0.1, -0.05) is 64.7 Å². The van der Waals surface area contributed by atoms with Gasteiger partial charge in [0.05, 0.1) is 5.75 Å². The van der Waals surface area contributed by atoms with Crippen LogP contribution in [0.5, 0.6) is 0 Å². The van der Waals surface area contributed by atoms with Gasteiger partial charge in [0.15, 0.2) is 0 Å². The van der Waals surface area contributed by atoms with Crippen LogP contribution in [0.2, 0.25) is 0 Å². The lowest BCUT2D eigenvalue weighted by atomic mass is 10.1. The SMILES string of the molecule is CCCCCCCCCCCCNCCS(=O)(=O)O. The zero-order valence-electron chi connectivity index (χ0n) is 12.4. The lowest BCUT2D eigenvalue weighted by Crippen LogP contribution is -2.23. The monoisotopic (exact) mass is 293 g/mol. The van der Waals surface area contributed by atoms with Gasteiger partial charge >= 0.3 is 0 Å². The summed E-state index contributed by atoms with van der Waals surface area (Å²) >= 11 is 0. The van der Waals surface area contributed by atoms with Crippen LogP contribution in [0, 0.1) is 0 Å². The smallest absolute Gasteiger partial charge is 0.266 e. The van der Waals surface area contributed by atoms with E-state index in [0.29, 0.717) is 6.54 Å². The van der Waals surface area contributed by atoms with Gasteiger partial charge in [-0.3, -0.25) is 4.55 Å². The summed E-state index contributed by atoms with van der Waals surface area (Å²) in [6.07, 6.45) is 13.0. The Kier molecular flexibility index (Phi) is 12.8.